The van der Waals surface area contributed by atoms with Crippen LogP contribution in [0.1, 0.15) is 32.1 Å². The number of thiophene rings is 1. The van der Waals surface area contributed by atoms with Gasteiger partial charge in [-0.05, 0) is 24.3 Å². The number of carbonyl (C=O) groups excluding carboxylic acids is 1. The molecule has 1 fully saturated rings. The van der Waals surface area contributed by atoms with Crippen LogP contribution in [0.25, 0.3) is 11.5 Å². The molecular weight excluding hydrogens is 262 g/mol. The van der Waals surface area contributed by atoms with E-state index in [-0.39, 0.29) is 17.8 Å². The van der Waals surface area contributed by atoms with E-state index in [0.29, 0.717) is 5.89 Å². The van der Waals surface area contributed by atoms with Crippen LogP contribution in [0.3, 0.4) is 0 Å². The Bertz CT molecular complexity index is 544. The van der Waals surface area contributed by atoms with Crippen molar-refractivity contribution in [2.75, 3.05) is 5.32 Å². The predicted molar refractivity (Wildman–Crippen MR) is 72.8 cm³/mol. The first-order valence-electron chi connectivity index (χ1n) is 6.50. The van der Waals surface area contributed by atoms with Crippen LogP contribution in [0.15, 0.2) is 21.2 Å². The molecule has 0 aromatic carbocycles. The molecule has 0 atom stereocenters. The van der Waals surface area contributed by atoms with Crippen LogP contribution in [0.2, 0.25) is 0 Å². The summed E-state index contributed by atoms with van der Waals surface area (Å²) in [7, 11) is 0. The molecule has 0 saturated heterocycles. The van der Waals surface area contributed by atoms with Crippen LogP contribution < -0.4 is 5.32 Å². The zero-order chi connectivity index (χ0) is 13.1. The van der Waals surface area contributed by atoms with Gasteiger partial charge in [-0.1, -0.05) is 24.4 Å². The van der Waals surface area contributed by atoms with Crippen molar-refractivity contribution in [1.82, 2.24) is 10.2 Å². The minimum Gasteiger partial charge on any atom is -0.403 e. The Morgan fingerprint density at radius 2 is 2.16 bits per heavy atom. The molecule has 0 radical (unpaired) electrons. The number of anilines is 1. The van der Waals surface area contributed by atoms with Gasteiger partial charge in [0.05, 0.1) is 0 Å². The minimum atomic E-state index is 0.000202. The fourth-order valence-corrected chi connectivity index (χ4v) is 2.98. The van der Waals surface area contributed by atoms with Crippen molar-refractivity contribution in [3.63, 3.8) is 0 Å². The third-order valence-electron chi connectivity index (χ3n) is 3.40. The molecule has 1 amide bonds. The van der Waals surface area contributed by atoms with Gasteiger partial charge in [-0.2, -0.15) is 11.3 Å². The highest BCUT2D eigenvalue weighted by molar-refractivity contribution is 7.08. The largest absolute Gasteiger partial charge is 0.403 e. The Morgan fingerprint density at radius 1 is 1.32 bits per heavy atom. The van der Waals surface area contributed by atoms with E-state index in [1.54, 1.807) is 11.3 Å². The van der Waals surface area contributed by atoms with E-state index in [2.05, 4.69) is 15.5 Å². The van der Waals surface area contributed by atoms with E-state index in [0.717, 1.165) is 31.2 Å². The van der Waals surface area contributed by atoms with Crippen LogP contribution in [-0.2, 0) is 4.79 Å². The molecule has 2 aromatic heterocycles. The summed E-state index contributed by atoms with van der Waals surface area (Å²) in [5.74, 6) is 0.533. The summed E-state index contributed by atoms with van der Waals surface area (Å²) in [6, 6.07) is 2.10. The zero-order valence-electron chi connectivity index (χ0n) is 10.5. The summed E-state index contributed by atoms with van der Waals surface area (Å²) >= 11 is 1.57. The standard InChI is InChI=1S/C13H15N3O2S/c17-11(9-4-2-1-3-5-9)14-13-16-15-12(18-13)10-6-7-19-8-10/h6-9H,1-5H2,(H,14,16,17). The number of hydrogen-bond donors (Lipinski definition) is 1. The monoisotopic (exact) mass is 277 g/mol. The fraction of sp³-hybridized carbons (Fsp3) is 0.462. The van der Waals surface area contributed by atoms with Gasteiger partial charge in [0.1, 0.15) is 0 Å². The Labute approximate surface area is 115 Å². The number of aromatic nitrogens is 2. The average Bonchev–Trinajstić information content (AvgIpc) is 3.10. The first-order chi connectivity index (χ1) is 9.33. The normalized spacial score (nSPS) is 16.4. The molecule has 6 heteroatoms. The lowest BCUT2D eigenvalue weighted by molar-refractivity contribution is -0.120. The molecule has 1 aliphatic carbocycles. The number of hydrogen-bond acceptors (Lipinski definition) is 5. The number of nitrogens with one attached hydrogen (secondary N) is 1. The molecular formula is C13H15N3O2S. The molecule has 19 heavy (non-hydrogen) atoms. The van der Waals surface area contributed by atoms with E-state index in [4.69, 9.17) is 4.42 Å². The molecule has 2 aromatic rings. The maximum absolute atomic E-state index is 12.0. The summed E-state index contributed by atoms with van der Waals surface area (Å²) in [6.45, 7) is 0. The second kappa shape index (κ2) is 5.52. The SMILES string of the molecule is O=C(Nc1nnc(-c2ccsc2)o1)C1CCCCC1. The Kier molecular flexibility index (Phi) is 3.59. The maximum atomic E-state index is 12.0. The molecule has 0 aliphatic heterocycles. The van der Waals surface area contributed by atoms with Gasteiger partial charge in [0, 0.05) is 16.9 Å². The number of nitrogens with zero attached hydrogens (tertiary/aromatic N) is 2. The highest BCUT2D eigenvalue weighted by Gasteiger charge is 2.22. The van der Waals surface area contributed by atoms with E-state index < -0.39 is 0 Å². The summed E-state index contributed by atoms with van der Waals surface area (Å²) < 4.78 is 5.44. The smallest absolute Gasteiger partial charge is 0.322 e. The van der Waals surface area contributed by atoms with Gasteiger partial charge in [0.15, 0.2) is 0 Å². The predicted octanol–water partition coefficient (Wildman–Crippen LogP) is 3.32. The van der Waals surface area contributed by atoms with Gasteiger partial charge >= 0.3 is 6.01 Å². The van der Waals surface area contributed by atoms with E-state index in [1.807, 2.05) is 16.8 Å². The van der Waals surface area contributed by atoms with E-state index in [1.165, 1.54) is 6.42 Å². The van der Waals surface area contributed by atoms with Gasteiger partial charge in [0.25, 0.3) is 5.89 Å². The first-order valence-corrected chi connectivity index (χ1v) is 7.44. The summed E-state index contributed by atoms with van der Waals surface area (Å²) in [5, 5.41) is 14.4. The van der Waals surface area contributed by atoms with Crippen molar-refractivity contribution in [2.45, 2.75) is 32.1 Å². The average molecular weight is 277 g/mol. The maximum Gasteiger partial charge on any atom is 0.322 e. The fourth-order valence-electron chi connectivity index (χ4n) is 2.35. The van der Waals surface area contributed by atoms with Crippen molar-refractivity contribution in [3.05, 3.63) is 16.8 Å². The van der Waals surface area contributed by atoms with Crippen molar-refractivity contribution in [2.24, 2.45) is 5.92 Å². The van der Waals surface area contributed by atoms with Crippen LogP contribution >= 0.6 is 11.3 Å². The molecule has 0 spiro atoms. The van der Waals surface area contributed by atoms with Crippen LogP contribution in [0.4, 0.5) is 6.01 Å². The van der Waals surface area contributed by atoms with Crippen LogP contribution in [-0.4, -0.2) is 16.1 Å². The third kappa shape index (κ3) is 2.84. The number of carbonyl (C=O) groups is 1. The lowest BCUT2D eigenvalue weighted by atomic mass is 9.89. The summed E-state index contributed by atoms with van der Waals surface area (Å²) in [4.78, 5) is 12.0. The molecule has 3 rings (SSSR count). The molecule has 1 aliphatic rings. The van der Waals surface area contributed by atoms with Crippen molar-refractivity contribution >= 4 is 23.3 Å². The van der Waals surface area contributed by atoms with Crippen molar-refractivity contribution < 1.29 is 9.21 Å². The summed E-state index contributed by atoms with van der Waals surface area (Å²) in [5.41, 5.74) is 0.885. The molecule has 0 bridgehead atoms. The van der Waals surface area contributed by atoms with Gasteiger partial charge in [-0.3, -0.25) is 10.1 Å². The lowest BCUT2D eigenvalue weighted by Crippen LogP contribution is -2.24. The van der Waals surface area contributed by atoms with Crippen molar-refractivity contribution in [3.8, 4) is 11.5 Å². The quantitative estimate of drug-likeness (QED) is 0.934. The Hall–Kier alpha value is -1.69. The van der Waals surface area contributed by atoms with Gasteiger partial charge in [-0.15, -0.1) is 5.10 Å². The van der Waals surface area contributed by atoms with Gasteiger partial charge in [-0.25, -0.2) is 0 Å². The van der Waals surface area contributed by atoms with Gasteiger partial charge in [0.2, 0.25) is 5.91 Å². The van der Waals surface area contributed by atoms with E-state index >= 15 is 0 Å². The zero-order valence-corrected chi connectivity index (χ0v) is 11.3. The van der Waals surface area contributed by atoms with Gasteiger partial charge < -0.3 is 4.42 Å². The minimum absolute atomic E-state index is 0.000202. The molecule has 5 nitrogen and oxygen atoms in total. The molecule has 1 saturated carbocycles. The second-order valence-electron chi connectivity index (χ2n) is 4.75. The number of amides is 1. The number of rotatable bonds is 3. The van der Waals surface area contributed by atoms with Crippen LogP contribution in [0.5, 0.6) is 0 Å². The Morgan fingerprint density at radius 3 is 2.89 bits per heavy atom. The molecule has 1 N–H and O–H groups in total. The lowest BCUT2D eigenvalue weighted by Gasteiger charge is -2.19. The molecule has 0 unspecified atom stereocenters. The highest BCUT2D eigenvalue weighted by Crippen LogP contribution is 2.26. The second-order valence-corrected chi connectivity index (χ2v) is 5.53. The molecule has 2 heterocycles. The van der Waals surface area contributed by atoms with Crippen LogP contribution in [0, 0.1) is 5.92 Å². The summed E-state index contributed by atoms with van der Waals surface area (Å²) in [6.07, 6.45) is 5.39. The van der Waals surface area contributed by atoms with E-state index in [9.17, 15) is 4.79 Å². The topological polar surface area (TPSA) is 68.0 Å². The first kappa shape index (κ1) is 12.3. The highest BCUT2D eigenvalue weighted by atomic mass is 32.1. The Balaban J connectivity index is 1.65. The third-order valence-corrected chi connectivity index (χ3v) is 4.08. The molecule has 100 valence electrons. The van der Waals surface area contributed by atoms with Crippen molar-refractivity contribution in [1.29, 1.82) is 0 Å².